The van der Waals surface area contributed by atoms with Crippen LogP contribution < -0.4 is 5.32 Å². The van der Waals surface area contributed by atoms with Crippen molar-refractivity contribution in [3.05, 3.63) is 105 Å². The van der Waals surface area contributed by atoms with Gasteiger partial charge in [0.05, 0.1) is 23.1 Å². The number of likely N-dealkylation sites (tertiary alicyclic amines) is 1. The molecule has 40 heavy (non-hydrogen) atoms. The molecule has 1 aromatic carbocycles. The molecule has 6 nitrogen and oxygen atoms in total. The van der Waals surface area contributed by atoms with Crippen molar-refractivity contribution in [1.29, 1.82) is 0 Å². The topological polar surface area (TPSA) is 69.7 Å². The van der Waals surface area contributed by atoms with Crippen molar-refractivity contribution in [3.8, 4) is 11.1 Å². The van der Waals surface area contributed by atoms with Gasteiger partial charge >= 0.3 is 0 Å². The van der Waals surface area contributed by atoms with E-state index in [1.165, 1.54) is 37.9 Å². The average Bonchev–Trinajstić information content (AvgIpc) is 3.40. The number of anilines is 1. The maximum atomic E-state index is 4.53. The van der Waals surface area contributed by atoms with E-state index in [4.69, 9.17) is 0 Å². The van der Waals surface area contributed by atoms with E-state index in [1.807, 2.05) is 31.5 Å². The van der Waals surface area contributed by atoms with E-state index in [0.717, 1.165) is 57.3 Å². The summed E-state index contributed by atoms with van der Waals surface area (Å²) in [7, 11) is 0. The lowest BCUT2D eigenvalue weighted by Gasteiger charge is -2.26. The van der Waals surface area contributed by atoms with E-state index >= 15 is 0 Å². The van der Waals surface area contributed by atoms with Crippen LogP contribution in [0.1, 0.15) is 57.0 Å². The van der Waals surface area contributed by atoms with Gasteiger partial charge in [0.2, 0.25) is 0 Å². The first-order valence-corrected chi connectivity index (χ1v) is 13.9. The third kappa shape index (κ3) is 9.62. The van der Waals surface area contributed by atoms with Gasteiger partial charge in [-0.3, -0.25) is 20.0 Å². The van der Waals surface area contributed by atoms with Gasteiger partial charge in [-0.1, -0.05) is 39.8 Å². The van der Waals surface area contributed by atoms with Gasteiger partial charge in [0.1, 0.15) is 5.69 Å². The highest BCUT2D eigenvalue weighted by atomic mass is 15.1. The fraction of sp³-hybridized carbons (Fsp3) is 0.324. The number of H-pyrrole nitrogens is 1. The number of hydrogen-bond donors (Lipinski definition) is 2. The standard InChI is InChI=1S/C26H28N6.C4H10.2C2H4/c1-18-6-8-23(16-28-18)29-19(2)26-24-13-21(7-9-25(24)30-31-26)22-12-20(14-27-15-22)17-32-10-4-3-5-11-32;1-4(2)3;2*1-2/h6-9,12-16,29H,2-5,10-11,17H2,1H3,(H,30,31);4H,1-3H3;2*1-2H2. The predicted molar refractivity (Wildman–Crippen MR) is 173 cm³/mol. The number of nitrogens with zero attached hydrogens (tertiary/aromatic N) is 4. The Labute approximate surface area is 241 Å². The van der Waals surface area contributed by atoms with Crippen LogP contribution in [0.3, 0.4) is 0 Å². The molecule has 3 aromatic heterocycles. The number of pyridine rings is 2. The summed E-state index contributed by atoms with van der Waals surface area (Å²) in [4.78, 5) is 11.4. The second kappa shape index (κ2) is 16.8. The molecule has 1 saturated heterocycles. The summed E-state index contributed by atoms with van der Waals surface area (Å²) >= 11 is 0. The Kier molecular flexibility index (Phi) is 13.5. The van der Waals surface area contributed by atoms with Crippen LogP contribution in [0.15, 0.2) is 87.9 Å². The summed E-state index contributed by atoms with van der Waals surface area (Å²) in [6, 6.07) is 12.6. The lowest BCUT2D eigenvalue weighted by atomic mass is 10.0. The van der Waals surface area contributed by atoms with Gasteiger partial charge in [0.25, 0.3) is 0 Å². The SMILES string of the molecule is C=C.C=C.C=C(Nc1ccc(C)nc1)c1n[nH]c2ccc(-c3cncc(CN4CCCCC4)c3)cc12.CC(C)C. The monoisotopic (exact) mass is 538 g/mol. The molecule has 2 N–H and O–H groups in total. The van der Waals surface area contributed by atoms with Gasteiger partial charge in [-0.15, -0.1) is 26.3 Å². The minimum absolute atomic E-state index is 0.732. The van der Waals surface area contributed by atoms with Crippen molar-refractivity contribution in [2.75, 3.05) is 18.4 Å². The third-order valence-electron chi connectivity index (χ3n) is 6.04. The number of aromatic nitrogens is 4. The molecule has 0 amide bonds. The molecule has 0 aliphatic carbocycles. The van der Waals surface area contributed by atoms with Gasteiger partial charge in [0.15, 0.2) is 0 Å². The van der Waals surface area contributed by atoms with Crippen molar-refractivity contribution in [1.82, 2.24) is 25.1 Å². The minimum atomic E-state index is 0.732. The molecule has 212 valence electrons. The second-order valence-corrected chi connectivity index (χ2v) is 10.3. The van der Waals surface area contributed by atoms with E-state index in [-0.39, 0.29) is 0 Å². The van der Waals surface area contributed by atoms with Crippen molar-refractivity contribution in [2.45, 2.75) is 53.5 Å². The van der Waals surface area contributed by atoms with Gasteiger partial charge in [0, 0.05) is 35.6 Å². The van der Waals surface area contributed by atoms with Crippen LogP contribution in [-0.4, -0.2) is 38.2 Å². The highest BCUT2D eigenvalue weighted by molar-refractivity contribution is 5.95. The third-order valence-corrected chi connectivity index (χ3v) is 6.04. The number of piperidine rings is 1. The van der Waals surface area contributed by atoms with Crippen LogP contribution in [0.5, 0.6) is 0 Å². The first-order chi connectivity index (χ1) is 19.4. The number of rotatable bonds is 6. The first-order valence-electron chi connectivity index (χ1n) is 13.9. The summed E-state index contributed by atoms with van der Waals surface area (Å²) in [5.41, 5.74) is 7.89. The van der Waals surface area contributed by atoms with Crippen molar-refractivity contribution in [3.63, 3.8) is 0 Å². The van der Waals surface area contributed by atoms with E-state index in [1.54, 1.807) is 6.20 Å². The van der Waals surface area contributed by atoms with Crippen molar-refractivity contribution in [2.24, 2.45) is 5.92 Å². The van der Waals surface area contributed by atoms with E-state index in [2.05, 4.69) is 108 Å². The molecule has 0 unspecified atom stereocenters. The average molecular weight is 539 g/mol. The number of hydrogen-bond acceptors (Lipinski definition) is 5. The summed E-state index contributed by atoms with van der Waals surface area (Å²) in [6.07, 6.45) is 9.67. The van der Waals surface area contributed by atoms with Crippen LogP contribution in [-0.2, 0) is 6.54 Å². The van der Waals surface area contributed by atoms with Gasteiger partial charge in [-0.05, 0) is 80.2 Å². The van der Waals surface area contributed by atoms with E-state index < -0.39 is 0 Å². The second-order valence-electron chi connectivity index (χ2n) is 10.3. The zero-order valence-electron chi connectivity index (χ0n) is 24.8. The normalized spacial score (nSPS) is 12.7. The van der Waals surface area contributed by atoms with Crippen LogP contribution in [0.4, 0.5) is 5.69 Å². The molecule has 5 rings (SSSR count). The Morgan fingerprint density at radius 3 is 2.27 bits per heavy atom. The summed E-state index contributed by atoms with van der Waals surface area (Å²) in [5.74, 6) is 0.833. The molecule has 4 heterocycles. The Morgan fingerprint density at radius 2 is 1.62 bits per heavy atom. The van der Waals surface area contributed by atoms with Gasteiger partial charge < -0.3 is 5.32 Å². The van der Waals surface area contributed by atoms with Gasteiger partial charge in [-0.25, -0.2) is 0 Å². The Bertz CT molecular complexity index is 1310. The zero-order chi connectivity index (χ0) is 29.5. The molecule has 0 atom stereocenters. The lowest BCUT2D eigenvalue weighted by Crippen LogP contribution is -2.29. The molecule has 0 spiro atoms. The molecule has 1 aliphatic rings. The summed E-state index contributed by atoms with van der Waals surface area (Å²) in [5, 5.41) is 12.0. The quantitative estimate of drug-likeness (QED) is 0.240. The van der Waals surface area contributed by atoms with Crippen LogP contribution in [0, 0.1) is 12.8 Å². The molecular weight excluding hydrogens is 492 g/mol. The molecule has 0 bridgehead atoms. The number of fused-ring (bicyclic) bond motifs is 1. The van der Waals surface area contributed by atoms with Crippen LogP contribution in [0.25, 0.3) is 27.7 Å². The number of nitrogens with one attached hydrogen (secondary N) is 2. The van der Waals surface area contributed by atoms with Gasteiger partial charge in [-0.2, -0.15) is 5.10 Å². The molecule has 1 fully saturated rings. The molecule has 6 heteroatoms. The number of benzene rings is 1. The fourth-order valence-corrected chi connectivity index (χ4v) is 4.31. The lowest BCUT2D eigenvalue weighted by molar-refractivity contribution is 0.220. The molecule has 0 saturated carbocycles. The van der Waals surface area contributed by atoms with Crippen LogP contribution in [0.2, 0.25) is 0 Å². The fourth-order valence-electron chi connectivity index (χ4n) is 4.31. The minimum Gasteiger partial charge on any atom is -0.353 e. The summed E-state index contributed by atoms with van der Waals surface area (Å²) in [6.45, 7) is 28.0. The predicted octanol–water partition coefficient (Wildman–Crippen LogP) is 8.66. The summed E-state index contributed by atoms with van der Waals surface area (Å²) < 4.78 is 0. The van der Waals surface area contributed by atoms with E-state index in [0.29, 0.717) is 0 Å². The maximum Gasteiger partial charge on any atom is 0.116 e. The molecule has 4 aromatic rings. The largest absolute Gasteiger partial charge is 0.353 e. The highest BCUT2D eigenvalue weighted by Gasteiger charge is 2.13. The smallest absolute Gasteiger partial charge is 0.116 e. The van der Waals surface area contributed by atoms with Crippen molar-refractivity contribution >= 4 is 22.3 Å². The molecular formula is C34H46N6. The van der Waals surface area contributed by atoms with Crippen molar-refractivity contribution < 1.29 is 0 Å². The Balaban J connectivity index is 0.000000634. The molecule has 0 radical (unpaired) electrons. The number of aromatic amines is 1. The highest BCUT2D eigenvalue weighted by Crippen LogP contribution is 2.29. The Hall–Kier alpha value is -4.03. The van der Waals surface area contributed by atoms with Crippen LogP contribution >= 0.6 is 0 Å². The maximum absolute atomic E-state index is 4.53. The van der Waals surface area contributed by atoms with E-state index in [9.17, 15) is 0 Å². The zero-order valence-corrected chi connectivity index (χ0v) is 24.8. The first kappa shape index (κ1) is 32.2. The Morgan fingerprint density at radius 1 is 0.925 bits per heavy atom. The molecule has 1 aliphatic heterocycles. The number of aryl methyl sites for hydroxylation is 1.